The van der Waals surface area contributed by atoms with E-state index in [9.17, 15) is 0 Å². The Morgan fingerprint density at radius 3 is 2.62 bits per heavy atom. The molecule has 0 bridgehead atoms. The zero-order valence-corrected chi connectivity index (χ0v) is 8.67. The normalized spacial score (nSPS) is 10.8. The molecular weight excluding hydrogens is 160 g/mol. The van der Waals surface area contributed by atoms with Gasteiger partial charge in [0, 0.05) is 12.2 Å². The van der Waals surface area contributed by atoms with E-state index in [1.165, 1.54) is 11.1 Å². The van der Waals surface area contributed by atoms with Crippen LogP contribution in [0.15, 0.2) is 18.2 Å². The topological polar surface area (TPSA) is 29.3 Å². The van der Waals surface area contributed by atoms with Crippen molar-refractivity contribution in [2.24, 2.45) is 0 Å². The Hall–Kier alpha value is -1.02. The Morgan fingerprint density at radius 1 is 1.31 bits per heavy atom. The summed E-state index contributed by atoms with van der Waals surface area (Å²) >= 11 is 0. The van der Waals surface area contributed by atoms with Crippen LogP contribution in [0.5, 0.6) is 0 Å². The van der Waals surface area contributed by atoms with Gasteiger partial charge in [-0.2, -0.15) is 0 Å². The van der Waals surface area contributed by atoms with Crippen LogP contribution in [0.2, 0.25) is 0 Å². The average molecular weight is 178 g/mol. The van der Waals surface area contributed by atoms with Crippen molar-refractivity contribution in [3.63, 3.8) is 0 Å². The molecule has 1 aromatic carbocycles. The van der Waals surface area contributed by atoms with E-state index in [0.29, 0.717) is 0 Å². The molecular formula is C11H18N2. The lowest BCUT2D eigenvalue weighted by molar-refractivity contribution is 0.413. The van der Waals surface area contributed by atoms with Crippen LogP contribution in [0.1, 0.15) is 11.1 Å². The predicted octanol–water partition coefficient (Wildman–Crippen LogP) is 1.68. The van der Waals surface area contributed by atoms with E-state index < -0.39 is 0 Å². The van der Waals surface area contributed by atoms with Gasteiger partial charge in [-0.1, -0.05) is 6.07 Å². The summed E-state index contributed by atoms with van der Waals surface area (Å²) in [6.45, 7) is 3.20. The lowest BCUT2D eigenvalue weighted by Gasteiger charge is -2.11. The van der Waals surface area contributed by atoms with Gasteiger partial charge in [0.15, 0.2) is 0 Å². The number of hydrogen-bond donors (Lipinski definition) is 1. The van der Waals surface area contributed by atoms with E-state index >= 15 is 0 Å². The minimum absolute atomic E-state index is 0.861. The highest BCUT2D eigenvalue weighted by Crippen LogP contribution is 2.13. The van der Waals surface area contributed by atoms with E-state index in [-0.39, 0.29) is 0 Å². The molecule has 0 aliphatic rings. The van der Waals surface area contributed by atoms with Crippen LogP contribution in [-0.2, 0) is 6.42 Å². The second kappa shape index (κ2) is 4.28. The standard InChI is InChI=1S/C11H18N2/c1-9-4-5-11(12)8-10(9)6-7-13(2)3/h4-5,8H,6-7,12H2,1-3H3. The highest BCUT2D eigenvalue weighted by atomic mass is 15.0. The maximum absolute atomic E-state index is 5.72. The number of benzene rings is 1. The van der Waals surface area contributed by atoms with Gasteiger partial charge in [0.1, 0.15) is 0 Å². The van der Waals surface area contributed by atoms with Crippen molar-refractivity contribution in [1.29, 1.82) is 0 Å². The summed E-state index contributed by atoms with van der Waals surface area (Å²) in [6.07, 6.45) is 1.07. The zero-order valence-electron chi connectivity index (χ0n) is 8.67. The van der Waals surface area contributed by atoms with Crippen molar-refractivity contribution in [3.8, 4) is 0 Å². The summed E-state index contributed by atoms with van der Waals surface area (Å²) < 4.78 is 0. The molecule has 2 N–H and O–H groups in total. The van der Waals surface area contributed by atoms with Gasteiger partial charge in [-0.3, -0.25) is 0 Å². The number of likely N-dealkylation sites (N-methyl/N-ethyl adjacent to an activating group) is 1. The smallest absolute Gasteiger partial charge is 0.0316 e. The minimum atomic E-state index is 0.861. The van der Waals surface area contributed by atoms with Crippen LogP contribution in [0.25, 0.3) is 0 Å². The summed E-state index contributed by atoms with van der Waals surface area (Å²) in [5.74, 6) is 0. The second-order valence-electron chi connectivity index (χ2n) is 3.74. The molecule has 1 rings (SSSR count). The van der Waals surface area contributed by atoms with E-state index in [2.05, 4.69) is 38.1 Å². The van der Waals surface area contributed by atoms with Gasteiger partial charge in [-0.05, 0) is 50.7 Å². The third-order valence-electron chi connectivity index (χ3n) is 2.20. The van der Waals surface area contributed by atoms with Gasteiger partial charge in [-0.15, -0.1) is 0 Å². The lowest BCUT2D eigenvalue weighted by Crippen LogP contribution is -2.15. The van der Waals surface area contributed by atoms with E-state index in [1.807, 2.05) is 6.07 Å². The summed E-state index contributed by atoms with van der Waals surface area (Å²) in [6, 6.07) is 6.10. The molecule has 0 aliphatic heterocycles. The van der Waals surface area contributed by atoms with Gasteiger partial charge in [-0.25, -0.2) is 0 Å². The number of aryl methyl sites for hydroxylation is 1. The largest absolute Gasteiger partial charge is 0.399 e. The second-order valence-corrected chi connectivity index (χ2v) is 3.74. The van der Waals surface area contributed by atoms with E-state index in [0.717, 1.165) is 18.7 Å². The Morgan fingerprint density at radius 2 is 2.00 bits per heavy atom. The van der Waals surface area contributed by atoms with Gasteiger partial charge >= 0.3 is 0 Å². The Bertz CT molecular complexity index is 279. The number of nitrogens with two attached hydrogens (primary N) is 1. The quantitative estimate of drug-likeness (QED) is 0.714. The molecule has 0 fully saturated rings. The number of hydrogen-bond acceptors (Lipinski definition) is 2. The van der Waals surface area contributed by atoms with E-state index in [4.69, 9.17) is 5.73 Å². The summed E-state index contributed by atoms with van der Waals surface area (Å²) in [5.41, 5.74) is 9.27. The number of nitrogens with zero attached hydrogens (tertiary/aromatic N) is 1. The van der Waals surface area contributed by atoms with Gasteiger partial charge in [0.25, 0.3) is 0 Å². The fraction of sp³-hybridized carbons (Fsp3) is 0.455. The third kappa shape index (κ3) is 3.07. The van der Waals surface area contributed by atoms with E-state index in [1.54, 1.807) is 0 Å². The molecule has 0 atom stereocenters. The summed E-state index contributed by atoms with van der Waals surface area (Å²) in [7, 11) is 4.17. The molecule has 13 heavy (non-hydrogen) atoms. The van der Waals surface area contributed by atoms with Gasteiger partial charge in [0.2, 0.25) is 0 Å². The number of rotatable bonds is 3. The maximum atomic E-state index is 5.72. The number of nitrogen functional groups attached to an aromatic ring is 1. The molecule has 0 unspecified atom stereocenters. The predicted molar refractivity (Wildman–Crippen MR) is 57.8 cm³/mol. The Labute approximate surface area is 80.4 Å². The van der Waals surface area contributed by atoms with Gasteiger partial charge in [0.05, 0.1) is 0 Å². The molecule has 72 valence electrons. The van der Waals surface area contributed by atoms with Crippen molar-refractivity contribution < 1.29 is 0 Å². The molecule has 1 aromatic rings. The first-order valence-electron chi connectivity index (χ1n) is 4.59. The zero-order chi connectivity index (χ0) is 9.84. The van der Waals surface area contributed by atoms with Crippen LogP contribution < -0.4 is 5.73 Å². The molecule has 0 saturated heterocycles. The first-order chi connectivity index (χ1) is 6.09. The van der Waals surface area contributed by atoms with Crippen LogP contribution >= 0.6 is 0 Å². The molecule has 0 saturated carbocycles. The van der Waals surface area contributed by atoms with Crippen LogP contribution in [-0.4, -0.2) is 25.5 Å². The van der Waals surface area contributed by atoms with Crippen molar-refractivity contribution in [2.75, 3.05) is 26.4 Å². The SMILES string of the molecule is Cc1ccc(N)cc1CCN(C)C. The summed E-state index contributed by atoms with van der Waals surface area (Å²) in [5, 5.41) is 0. The Balaban J connectivity index is 2.70. The average Bonchev–Trinajstić information content (AvgIpc) is 2.06. The fourth-order valence-corrected chi connectivity index (χ4v) is 1.30. The summed E-state index contributed by atoms with van der Waals surface area (Å²) in [4.78, 5) is 2.18. The first-order valence-corrected chi connectivity index (χ1v) is 4.59. The number of anilines is 1. The minimum Gasteiger partial charge on any atom is -0.399 e. The molecule has 0 amide bonds. The molecule has 0 aliphatic carbocycles. The molecule has 0 heterocycles. The van der Waals surface area contributed by atoms with Crippen LogP contribution in [0.3, 0.4) is 0 Å². The Kier molecular flexibility index (Phi) is 3.32. The molecule has 2 heteroatoms. The molecule has 2 nitrogen and oxygen atoms in total. The lowest BCUT2D eigenvalue weighted by atomic mass is 10.0. The van der Waals surface area contributed by atoms with Crippen molar-refractivity contribution in [2.45, 2.75) is 13.3 Å². The van der Waals surface area contributed by atoms with Crippen molar-refractivity contribution in [3.05, 3.63) is 29.3 Å². The van der Waals surface area contributed by atoms with Crippen molar-refractivity contribution in [1.82, 2.24) is 4.90 Å². The highest BCUT2D eigenvalue weighted by molar-refractivity contribution is 5.44. The maximum Gasteiger partial charge on any atom is 0.0316 e. The molecule has 0 aromatic heterocycles. The molecule has 0 radical (unpaired) electrons. The van der Waals surface area contributed by atoms with Crippen molar-refractivity contribution >= 4 is 5.69 Å². The first kappa shape index (κ1) is 10.1. The van der Waals surface area contributed by atoms with Crippen LogP contribution in [0.4, 0.5) is 5.69 Å². The fourth-order valence-electron chi connectivity index (χ4n) is 1.30. The molecule has 0 spiro atoms. The third-order valence-corrected chi connectivity index (χ3v) is 2.20. The highest BCUT2D eigenvalue weighted by Gasteiger charge is 1.99. The van der Waals surface area contributed by atoms with Gasteiger partial charge < -0.3 is 10.6 Å². The van der Waals surface area contributed by atoms with Crippen LogP contribution in [0, 0.1) is 6.92 Å². The monoisotopic (exact) mass is 178 g/mol.